The molecular formula is C21H30N4O3. The van der Waals surface area contributed by atoms with Crippen molar-refractivity contribution in [2.24, 2.45) is 4.99 Å². The number of aliphatic imine (C=N–C) groups is 1. The number of pyridine rings is 1. The summed E-state index contributed by atoms with van der Waals surface area (Å²) in [4.78, 5) is 8.98. The van der Waals surface area contributed by atoms with Gasteiger partial charge in [0, 0.05) is 30.1 Å². The molecule has 1 aromatic heterocycles. The Morgan fingerprint density at radius 1 is 1.11 bits per heavy atom. The average molecular weight is 386 g/mol. The van der Waals surface area contributed by atoms with Crippen molar-refractivity contribution in [3.05, 3.63) is 42.1 Å². The maximum absolute atomic E-state index is 5.71. The summed E-state index contributed by atoms with van der Waals surface area (Å²) in [7, 11) is 1.63. The van der Waals surface area contributed by atoms with Crippen LogP contribution in [0.2, 0.25) is 0 Å². The number of anilines is 1. The third kappa shape index (κ3) is 6.33. The predicted octanol–water partition coefficient (Wildman–Crippen LogP) is 3.86. The zero-order chi connectivity index (χ0) is 20.2. The Hall–Kier alpha value is -2.96. The van der Waals surface area contributed by atoms with E-state index in [1.807, 2.05) is 44.2 Å². The molecule has 0 aliphatic heterocycles. The van der Waals surface area contributed by atoms with Gasteiger partial charge in [-0.1, -0.05) is 13.0 Å². The van der Waals surface area contributed by atoms with Crippen molar-refractivity contribution in [1.82, 2.24) is 10.3 Å². The van der Waals surface area contributed by atoms with Crippen LogP contribution in [0.5, 0.6) is 17.4 Å². The zero-order valence-electron chi connectivity index (χ0n) is 17.1. The van der Waals surface area contributed by atoms with Crippen LogP contribution >= 0.6 is 0 Å². The third-order valence-electron chi connectivity index (χ3n) is 3.77. The second-order valence-electron chi connectivity index (χ2n) is 5.93. The highest BCUT2D eigenvalue weighted by molar-refractivity contribution is 5.93. The van der Waals surface area contributed by atoms with Crippen LogP contribution in [-0.4, -0.2) is 37.8 Å². The van der Waals surface area contributed by atoms with Crippen LogP contribution in [-0.2, 0) is 6.54 Å². The summed E-state index contributed by atoms with van der Waals surface area (Å²) in [6.07, 6.45) is 2.66. The molecule has 28 heavy (non-hydrogen) atoms. The van der Waals surface area contributed by atoms with Crippen molar-refractivity contribution >= 4 is 11.6 Å². The molecule has 0 spiro atoms. The molecule has 0 unspecified atom stereocenters. The second kappa shape index (κ2) is 11.7. The normalized spacial score (nSPS) is 11.1. The van der Waals surface area contributed by atoms with Gasteiger partial charge >= 0.3 is 0 Å². The number of hydrogen-bond donors (Lipinski definition) is 2. The van der Waals surface area contributed by atoms with E-state index in [2.05, 4.69) is 27.5 Å². The van der Waals surface area contributed by atoms with E-state index in [9.17, 15) is 0 Å². The van der Waals surface area contributed by atoms with Crippen molar-refractivity contribution in [1.29, 1.82) is 0 Å². The van der Waals surface area contributed by atoms with Crippen molar-refractivity contribution in [3.63, 3.8) is 0 Å². The average Bonchev–Trinajstić information content (AvgIpc) is 2.72. The maximum Gasteiger partial charge on any atom is 0.218 e. The van der Waals surface area contributed by atoms with Crippen LogP contribution < -0.4 is 24.8 Å². The third-order valence-corrected chi connectivity index (χ3v) is 3.77. The Morgan fingerprint density at radius 2 is 1.96 bits per heavy atom. The van der Waals surface area contributed by atoms with Crippen LogP contribution in [0.25, 0.3) is 0 Å². The molecule has 152 valence electrons. The van der Waals surface area contributed by atoms with Gasteiger partial charge in [-0.2, -0.15) is 0 Å². The van der Waals surface area contributed by atoms with E-state index in [0.29, 0.717) is 43.1 Å². The van der Waals surface area contributed by atoms with Crippen LogP contribution in [0.15, 0.2) is 41.5 Å². The molecule has 0 fully saturated rings. The molecule has 2 N–H and O–H groups in total. The smallest absolute Gasteiger partial charge is 0.218 e. The highest BCUT2D eigenvalue weighted by Gasteiger charge is 2.08. The zero-order valence-corrected chi connectivity index (χ0v) is 17.1. The van der Waals surface area contributed by atoms with Crippen LogP contribution in [0.4, 0.5) is 5.69 Å². The fourth-order valence-corrected chi connectivity index (χ4v) is 2.50. The van der Waals surface area contributed by atoms with E-state index in [0.717, 1.165) is 24.2 Å². The molecule has 7 heteroatoms. The van der Waals surface area contributed by atoms with Gasteiger partial charge in [0.2, 0.25) is 5.88 Å². The molecule has 1 heterocycles. The minimum Gasteiger partial charge on any atom is -0.493 e. The van der Waals surface area contributed by atoms with Crippen molar-refractivity contribution in [3.8, 4) is 17.4 Å². The molecule has 7 nitrogen and oxygen atoms in total. The van der Waals surface area contributed by atoms with E-state index in [4.69, 9.17) is 14.2 Å². The van der Waals surface area contributed by atoms with Gasteiger partial charge in [0.15, 0.2) is 17.5 Å². The van der Waals surface area contributed by atoms with E-state index >= 15 is 0 Å². The largest absolute Gasteiger partial charge is 0.493 e. The molecule has 0 bridgehead atoms. The summed E-state index contributed by atoms with van der Waals surface area (Å²) in [6, 6.07) is 9.57. The molecule has 0 atom stereocenters. The number of benzene rings is 1. The number of rotatable bonds is 10. The second-order valence-corrected chi connectivity index (χ2v) is 5.93. The van der Waals surface area contributed by atoms with Gasteiger partial charge in [-0.3, -0.25) is 0 Å². The highest BCUT2D eigenvalue weighted by atomic mass is 16.5. The van der Waals surface area contributed by atoms with Crippen LogP contribution in [0.3, 0.4) is 0 Å². The lowest BCUT2D eigenvalue weighted by Crippen LogP contribution is -2.30. The summed E-state index contributed by atoms with van der Waals surface area (Å²) in [5.74, 6) is 2.68. The molecule has 0 aliphatic rings. The molecule has 1 aromatic carbocycles. The van der Waals surface area contributed by atoms with Gasteiger partial charge in [-0.25, -0.2) is 9.98 Å². The fraction of sp³-hybridized carbons (Fsp3) is 0.429. The van der Waals surface area contributed by atoms with E-state index in [1.165, 1.54) is 0 Å². The first-order chi connectivity index (χ1) is 13.7. The lowest BCUT2D eigenvalue weighted by atomic mass is 10.2. The number of aromatic nitrogens is 1. The van der Waals surface area contributed by atoms with Crippen LogP contribution in [0.1, 0.15) is 32.8 Å². The fourth-order valence-electron chi connectivity index (χ4n) is 2.50. The minimum absolute atomic E-state index is 0.455. The first-order valence-corrected chi connectivity index (χ1v) is 9.64. The molecule has 0 amide bonds. The van der Waals surface area contributed by atoms with Gasteiger partial charge in [-0.15, -0.1) is 0 Å². The topological polar surface area (TPSA) is 77.0 Å². The number of guanidine groups is 1. The van der Waals surface area contributed by atoms with Crippen molar-refractivity contribution in [2.45, 2.75) is 33.7 Å². The summed E-state index contributed by atoms with van der Waals surface area (Å²) in [5.41, 5.74) is 1.80. The number of hydrogen-bond acceptors (Lipinski definition) is 5. The molecule has 0 aliphatic carbocycles. The minimum atomic E-state index is 0.455. The Kier molecular flexibility index (Phi) is 8.91. The van der Waals surface area contributed by atoms with E-state index in [1.54, 1.807) is 13.3 Å². The number of methoxy groups -OCH3 is 1. The lowest BCUT2D eigenvalue weighted by molar-refractivity contribution is 0.302. The first kappa shape index (κ1) is 21.3. The number of nitrogens with zero attached hydrogens (tertiary/aromatic N) is 2. The Bertz CT molecular complexity index is 765. The Labute approximate surface area is 167 Å². The molecule has 0 radical (unpaired) electrons. The Morgan fingerprint density at radius 3 is 2.68 bits per heavy atom. The highest BCUT2D eigenvalue weighted by Crippen LogP contribution is 2.30. The molecular weight excluding hydrogens is 356 g/mol. The quantitative estimate of drug-likeness (QED) is 0.477. The molecule has 2 rings (SSSR count). The summed E-state index contributed by atoms with van der Waals surface area (Å²) in [5, 5.41) is 6.55. The van der Waals surface area contributed by atoms with Crippen molar-refractivity contribution < 1.29 is 14.2 Å². The maximum atomic E-state index is 5.71. The van der Waals surface area contributed by atoms with Crippen molar-refractivity contribution in [2.75, 3.05) is 32.2 Å². The molecule has 0 saturated carbocycles. The predicted molar refractivity (Wildman–Crippen MR) is 113 cm³/mol. The molecule has 2 aromatic rings. The summed E-state index contributed by atoms with van der Waals surface area (Å²) in [6.45, 7) is 8.45. The Balaban J connectivity index is 2.15. The van der Waals surface area contributed by atoms with Gasteiger partial charge in [0.1, 0.15) is 0 Å². The first-order valence-electron chi connectivity index (χ1n) is 9.64. The number of nitrogens with one attached hydrogen (secondary N) is 2. The number of ether oxygens (including phenoxy) is 3. The monoisotopic (exact) mass is 386 g/mol. The standard InChI is InChI=1S/C21H30N4O3/c1-5-13-28-20-16(9-8-12-23-20)15-24-21(22-6-2)25-17-10-11-18(27-7-3)19(14-17)26-4/h8-12,14H,5-7,13,15H2,1-4H3,(H2,22,24,25). The van der Waals surface area contributed by atoms with Gasteiger partial charge in [0.05, 0.1) is 26.9 Å². The SMILES string of the molecule is CCCOc1ncccc1CN=C(NCC)Nc1ccc(OCC)c(OC)c1. The van der Waals surface area contributed by atoms with Gasteiger partial charge in [0.25, 0.3) is 0 Å². The van der Waals surface area contributed by atoms with Gasteiger partial charge in [-0.05, 0) is 38.5 Å². The lowest BCUT2D eigenvalue weighted by Gasteiger charge is -2.14. The summed E-state index contributed by atoms with van der Waals surface area (Å²) < 4.78 is 16.7. The van der Waals surface area contributed by atoms with E-state index < -0.39 is 0 Å². The van der Waals surface area contributed by atoms with E-state index in [-0.39, 0.29) is 0 Å². The van der Waals surface area contributed by atoms with Crippen LogP contribution in [0, 0.1) is 0 Å². The summed E-state index contributed by atoms with van der Waals surface area (Å²) >= 11 is 0. The van der Waals surface area contributed by atoms with Gasteiger partial charge < -0.3 is 24.8 Å². The molecule has 0 saturated heterocycles.